The third-order valence-corrected chi connectivity index (χ3v) is 5.14. The number of benzene rings is 1. The van der Waals surface area contributed by atoms with Gasteiger partial charge in [0, 0.05) is 16.1 Å². The van der Waals surface area contributed by atoms with Gasteiger partial charge in [0.1, 0.15) is 23.2 Å². The maximum absolute atomic E-state index is 12.1. The van der Waals surface area contributed by atoms with Gasteiger partial charge in [-0.05, 0) is 30.7 Å². The number of furan rings is 1. The quantitative estimate of drug-likeness (QED) is 0.145. The van der Waals surface area contributed by atoms with E-state index in [0.717, 1.165) is 29.3 Å². The summed E-state index contributed by atoms with van der Waals surface area (Å²) >= 11 is 3.40. The molecule has 1 aromatic heterocycles. The van der Waals surface area contributed by atoms with Crippen molar-refractivity contribution >= 4 is 28.0 Å². The van der Waals surface area contributed by atoms with Crippen LogP contribution in [0.4, 0.5) is 0 Å². The number of carbonyl (C=O) groups excluding carboxylic acids is 1. The van der Waals surface area contributed by atoms with E-state index in [1.807, 2.05) is 36.4 Å². The summed E-state index contributed by atoms with van der Waals surface area (Å²) in [6, 6.07) is 13.2. The van der Waals surface area contributed by atoms with Crippen LogP contribution in [0.15, 0.2) is 50.9 Å². The van der Waals surface area contributed by atoms with E-state index in [2.05, 4.69) is 22.9 Å². The molecule has 2 rings (SSSR count). The molecule has 154 valence electrons. The standard InChI is InChI=1S/C24H28BrNO3/c1-2-3-4-5-6-7-8-9-16-28-24(27)20(18-26)17-22-14-15-23(29-22)19-10-12-21(25)13-11-19/h10-15,17H,2-9,16H2,1H3. The van der Waals surface area contributed by atoms with Gasteiger partial charge in [0.2, 0.25) is 0 Å². The van der Waals surface area contributed by atoms with Crippen molar-refractivity contribution in [1.82, 2.24) is 0 Å². The SMILES string of the molecule is CCCCCCCCCCOC(=O)C(C#N)=Cc1ccc(-c2ccc(Br)cc2)o1. The Kier molecular flexibility index (Phi) is 10.3. The van der Waals surface area contributed by atoms with Crippen molar-refractivity contribution in [1.29, 1.82) is 5.26 Å². The highest BCUT2D eigenvalue weighted by Crippen LogP contribution is 2.25. The summed E-state index contributed by atoms with van der Waals surface area (Å²) < 4.78 is 12.0. The molecular weight excluding hydrogens is 430 g/mol. The maximum Gasteiger partial charge on any atom is 0.349 e. The lowest BCUT2D eigenvalue weighted by Crippen LogP contribution is -2.07. The lowest BCUT2D eigenvalue weighted by Gasteiger charge is -2.04. The number of esters is 1. The molecule has 2 aromatic rings. The normalized spacial score (nSPS) is 11.3. The van der Waals surface area contributed by atoms with E-state index in [-0.39, 0.29) is 5.57 Å². The molecule has 0 saturated carbocycles. The van der Waals surface area contributed by atoms with E-state index in [9.17, 15) is 10.1 Å². The Hall–Kier alpha value is -2.32. The molecule has 4 nitrogen and oxygen atoms in total. The first-order valence-corrected chi connectivity index (χ1v) is 11.1. The second-order valence-corrected chi connectivity index (χ2v) is 7.91. The van der Waals surface area contributed by atoms with Crippen LogP contribution < -0.4 is 0 Å². The molecule has 1 heterocycles. The van der Waals surface area contributed by atoms with Crippen LogP contribution in [0.25, 0.3) is 17.4 Å². The van der Waals surface area contributed by atoms with Crippen molar-refractivity contribution in [3.05, 3.63) is 52.2 Å². The number of carbonyl (C=O) groups is 1. The zero-order chi connectivity index (χ0) is 20.9. The van der Waals surface area contributed by atoms with E-state index in [1.165, 1.54) is 38.2 Å². The molecule has 0 saturated heterocycles. The summed E-state index contributed by atoms with van der Waals surface area (Å²) in [5.74, 6) is 0.522. The van der Waals surface area contributed by atoms with Gasteiger partial charge in [-0.25, -0.2) is 4.79 Å². The minimum atomic E-state index is -0.600. The van der Waals surface area contributed by atoms with Gasteiger partial charge in [0.25, 0.3) is 0 Å². The van der Waals surface area contributed by atoms with Gasteiger partial charge in [-0.1, -0.05) is 79.9 Å². The largest absolute Gasteiger partial charge is 0.462 e. The zero-order valence-corrected chi connectivity index (χ0v) is 18.5. The van der Waals surface area contributed by atoms with E-state index < -0.39 is 5.97 Å². The first-order chi connectivity index (χ1) is 14.1. The average molecular weight is 458 g/mol. The molecule has 0 aliphatic carbocycles. The molecule has 0 atom stereocenters. The molecular formula is C24H28BrNO3. The van der Waals surface area contributed by atoms with Crippen LogP contribution in [-0.2, 0) is 9.53 Å². The Morgan fingerprint density at radius 1 is 1.03 bits per heavy atom. The van der Waals surface area contributed by atoms with Gasteiger partial charge in [-0.3, -0.25) is 0 Å². The number of hydrogen-bond acceptors (Lipinski definition) is 4. The van der Waals surface area contributed by atoms with Crippen LogP contribution in [0.1, 0.15) is 64.1 Å². The summed E-state index contributed by atoms with van der Waals surface area (Å²) in [5, 5.41) is 9.29. The monoisotopic (exact) mass is 457 g/mol. The smallest absolute Gasteiger partial charge is 0.349 e. The molecule has 0 aliphatic rings. The van der Waals surface area contributed by atoms with Crippen LogP contribution in [0, 0.1) is 11.3 Å². The fourth-order valence-electron chi connectivity index (χ4n) is 2.96. The zero-order valence-electron chi connectivity index (χ0n) is 17.0. The molecule has 0 aliphatic heterocycles. The Morgan fingerprint density at radius 2 is 1.69 bits per heavy atom. The van der Waals surface area contributed by atoms with Gasteiger partial charge in [-0.15, -0.1) is 0 Å². The molecule has 0 bridgehead atoms. The fraction of sp³-hybridized carbons (Fsp3) is 0.417. The first-order valence-electron chi connectivity index (χ1n) is 10.3. The molecule has 29 heavy (non-hydrogen) atoms. The van der Waals surface area contributed by atoms with Gasteiger partial charge >= 0.3 is 5.97 Å². The molecule has 1 aromatic carbocycles. The second kappa shape index (κ2) is 13.0. The van der Waals surface area contributed by atoms with Crippen molar-refractivity contribution < 1.29 is 13.9 Å². The summed E-state index contributed by atoms with van der Waals surface area (Å²) in [6.45, 7) is 2.56. The van der Waals surface area contributed by atoms with Crippen molar-refractivity contribution in [2.45, 2.75) is 58.3 Å². The Balaban J connectivity index is 1.78. The maximum atomic E-state index is 12.1. The number of halogens is 1. The number of nitriles is 1. The summed E-state index contributed by atoms with van der Waals surface area (Å²) in [6.07, 6.45) is 10.8. The van der Waals surface area contributed by atoms with Gasteiger partial charge in [0.05, 0.1) is 6.61 Å². The van der Waals surface area contributed by atoms with E-state index in [0.29, 0.717) is 18.1 Å². The Labute approximate surface area is 181 Å². The minimum absolute atomic E-state index is 0.0544. The third kappa shape index (κ3) is 8.29. The molecule has 0 radical (unpaired) electrons. The van der Waals surface area contributed by atoms with Crippen LogP contribution >= 0.6 is 15.9 Å². The predicted molar refractivity (Wildman–Crippen MR) is 119 cm³/mol. The summed E-state index contributed by atoms with van der Waals surface area (Å²) in [5.41, 5.74) is 0.866. The number of rotatable bonds is 12. The Bertz CT molecular complexity index is 831. The van der Waals surface area contributed by atoms with Gasteiger partial charge in [0.15, 0.2) is 0 Å². The third-order valence-electron chi connectivity index (χ3n) is 4.61. The van der Waals surface area contributed by atoms with Crippen LogP contribution in [0.2, 0.25) is 0 Å². The highest BCUT2D eigenvalue weighted by Gasteiger charge is 2.12. The lowest BCUT2D eigenvalue weighted by molar-refractivity contribution is -0.138. The first kappa shape index (κ1) is 23.0. The number of unbranched alkanes of at least 4 members (excludes halogenated alkanes) is 7. The van der Waals surface area contributed by atoms with Crippen molar-refractivity contribution in [3.8, 4) is 17.4 Å². The Morgan fingerprint density at radius 3 is 2.34 bits per heavy atom. The van der Waals surface area contributed by atoms with E-state index in [1.54, 1.807) is 6.07 Å². The van der Waals surface area contributed by atoms with Crippen LogP contribution in [0.5, 0.6) is 0 Å². The predicted octanol–water partition coefficient (Wildman–Crippen LogP) is 7.30. The number of nitrogens with zero attached hydrogens (tertiary/aromatic N) is 1. The van der Waals surface area contributed by atoms with Crippen LogP contribution in [-0.4, -0.2) is 12.6 Å². The number of ether oxygens (including phenoxy) is 1. The molecule has 0 unspecified atom stereocenters. The highest BCUT2D eigenvalue weighted by atomic mass is 79.9. The van der Waals surface area contributed by atoms with Crippen molar-refractivity contribution in [2.24, 2.45) is 0 Å². The second-order valence-electron chi connectivity index (χ2n) is 6.99. The van der Waals surface area contributed by atoms with Crippen LogP contribution in [0.3, 0.4) is 0 Å². The average Bonchev–Trinajstić information content (AvgIpc) is 3.19. The minimum Gasteiger partial charge on any atom is -0.462 e. The highest BCUT2D eigenvalue weighted by molar-refractivity contribution is 9.10. The van der Waals surface area contributed by atoms with Gasteiger partial charge in [-0.2, -0.15) is 5.26 Å². The molecule has 0 N–H and O–H groups in total. The van der Waals surface area contributed by atoms with E-state index >= 15 is 0 Å². The topological polar surface area (TPSA) is 63.2 Å². The number of hydrogen-bond donors (Lipinski definition) is 0. The fourth-order valence-corrected chi connectivity index (χ4v) is 3.22. The molecule has 0 fully saturated rings. The molecule has 5 heteroatoms. The van der Waals surface area contributed by atoms with Crippen molar-refractivity contribution in [2.75, 3.05) is 6.61 Å². The molecule has 0 amide bonds. The molecule has 0 spiro atoms. The van der Waals surface area contributed by atoms with Crippen molar-refractivity contribution in [3.63, 3.8) is 0 Å². The lowest BCUT2D eigenvalue weighted by atomic mass is 10.1. The van der Waals surface area contributed by atoms with E-state index in [4.69, 9.17) is 9.15 Å². The summed E-state index contributed by atoms with van der Waals surface area (Å²) in [7, 11) is 0. The van der Waals surface area contributed by atoms with Gasteiger partial charge < -0.3 is 9.15 Å². The summed E-state index contributed by atoms with van der Waals surface area (Å²) in [4.78, 5) is 12.1.